The number of carbonyl (C=O) groups excluding carboxylic acids is 1. The number of rotatable bonds is 7. The molecule has 0 aliphatic carbocycles. The molecule has 0 amide bonds. The molecule has 0 saturated heterocycles. The first-order chi connectivity index (χ1) is 12.8. The van der Waals surface area contributed by atoms with Crippen LogP contribution >= 0.6 is 0 Å². The van der Waals surface area contributed by atoms with E-state index < -0.39 is 29.5 Å². The molecular formula is C21H20F3NO2. The van der Waals surface area contributed by atoms with Crippen molar-refractivity contribution in [1.29, 1.82) is 5.26 Å². The second-order valence-corrected chi connectivity index (χ2v) is 6.41. The van der Waals surface area contributed by atoms with E-state index in [9.17, 15) is 23.2 Å². The summed E-state index contributed by atoms with van der Waals surface area (Å²) < 4.78 is 44.1. The number of halogens is 3. The molecule has 142 valence electrons. The maximum atomic E-state index is 12.9. The van der Waals surface area contributed by atoms with Gasteiger partial charge >= 0.3 is 6.18 Å². The Kier molecular flexibility index (Phi) is 6.75. The number of carbonyl (C=O) groups is 1. The summed E-state index contributed by atoms with van der Waals surface area (Å²) in [6, 6.07) is 15.6. The Morgan fingerprint density at radius 2 is 1.81 bits per heavy atom. The number of hydrogen-bond acceptors (Lipinski definition) is 3. The summed E-state index contributed by atoms with van der Waals surface area (Å²) in [7, 11) is 1.37. The monoisotopic (exact) mass is 375 g/mol. The molecule has 0 heterocycles. The molecule has 2 aromatic rings. The number of methoxy groups -OCH3 is 1. The SMILES string of the molecule is COC(C(=O)C(C#N)c1cccc(C(F)(F)F)c1)C(C)Cc1ccccc1. The van der Waals surface area contributed by atoms with Crippen molar-refractivity contribution in [3.8, 4) is 6.07 Å². The maximum absolute atomic E-state index is 12.9. The first-order valence-corrected chi connectivity index (χ1v) is 8.45. The number of hydrogen-bond donors (Lipinski definition) is 0. The highest BCUT2D eigenvalue weighted by Crippen LogP contribution is 2.32. The molecule has 27 heavy (non-hydrogen) atoms. The zero-order chi connectivity index (χ0) is 20.0. The van der Waals surface area contributed by atoms with Crippen LogP contribution in [0.15, 0.2) is 54.6 Å². The number of alkyl halides is 3. The molecule has 0 bridgehead atoms. The predicted molar refractivity (Wildman–Crippen MR) is 94.9 cm³/mol. The van der Waals surface area contributed by atoms with Crippen molar-refractivity contribution in [3.63, 3.8) is 0 Å². The zero-order valence-electron chi connectivity index (χ0n) is 15.0. The molecule has 0 aliphatic rings. The average Bonchev–Trinajstić information content (AvgIpc) is 2.63. The van der Waals surface area contributed by atoms with Crippen LogP contribution in [0.3, 0.4) is 0 Å². The Morgan fingerprint density at radius 1 is 1.15 bits per heavy atom. The molecule has 0 aromatic heterocycles. The van der Waals surface area contributed by atoms with Crippen molar-refractivity contribution in [2.75, 3.05) is 7.11 Å². The van der Waals surface area contributed by atoms with Gasteiger partial charge in [0.1, 0.15) is 12.0 Å². The van der Waals surface area contributed by atoms with Gasteiger partial charge in [0.05, 0.1) is 11.6 Å². The van der Waals surface area contributed by atoms with Gasteiger partial charge in [0.15, 0.2) is 5.78 Å². The molecule has 2 rings (SSSR count). The van der Waals surface area contributed by atoms with E-state index in [-0.39, 0.29) is 11.5 Å². The van der Waals surface area contributed by atoms with E-state index in [0.717, 1.165) is 17.7 Å². The Bertz CT molecular complexity index is 812. The summed E-state index contributed by atoms with van der Waals surface area (Å²) >= 11 is 0. The van der Waals surface area contributed by atoms with E-state index in [4.69, 9.17) is 4.74 Å². The van der Waals surface area contributed by atoms with Crippen LogP contribution in [0.25, 0.3) is 0 Å². The van der Waals surface area contributed by atoms with Gasteiger partial charge in [-0.2, -0.15) is 18.4 Å². The Morgan fingerprint density at radius 3 is 2.37 bits per heavy atom. The quantitative estimate of drug-likeness (QED) is 0.700. The van der Waals surface area contributed by atoms with Crippen LogP contribution in [0.1, 0.15) is 29.5 Å². The number of nitrogens with zero attached hydrogens (tertiary/aromatic N) is 1. The number of ether oxygens (including phenoxy) is 1. The minimum absolute atomic E-state index is 0.0197. The molecular weight excluding hydrogens is 355 g/mol. The third-order valence-corrected chi connectivity index (χ3v) is 4.41. The summed E-state index contributed by atoms with van der Waals surface area (Å²) in [6.45, 7) is 1.82. The van der Waals surface area contributed by atoms with Crippen molar-refractivity contribution in [1.82, 2.24) is 0 Å². The van der Waals surface area contributed by atoms with Crippen LogP contribution in [0.4, 0.5) is 13.2 Å². The molecule has 0 spiro atoms. The molecule has 0 radical (unpaired) electrons. The van der Waals surface area contributed by atoms with E-state index in [1.807, 2.05) is 43.3 Å². The second kappa shape index (κ2) is 8.83. The lowest BCUT2D eigenvalue weighted by Gasteiger charge is -2.24. The lowest BCUT2D eigenvalue weighted by molar-refractivity contribution is -0.138. The van der Waals surface area contributed by atoms with Gasteiger partial charge in [-0.25, -0.2) is 0 Å². The van der Waals surface area contributed by atoms with E-state index in [1.165, 1.54) is 19.2 Å². The lowest BCUT2D eigenvalue weighted by atomic mass is 9.85. The van der Waals surface area contributed by atoms with Gasteiger partial charge in [0.25, 0.3) is 0 Å². The minimum atomic E-state index is -4.54. The van der Waals surface area contributed by atoms with Crippen molar-refractivity contribution < 1.29 is 22.7 Å². The third-order valence-electron chi connectivity index (χ3n) is 4.41. The van der Waals surface area contributed by atoms with Crippen LogP contribution in [-0.4, -0.2) is 19.0 Å². The van der Waals surface area contributed by atoms with Gasteiger partial charge < -0.3 is 4.74 Å². The molecule has 2 aromatic carbocycles. The molecule has 3 atom stereocenters. The summed E-state index contributed by atoms with van der Waals surface area (Å²) in [5, 5.41) is 9.45. The van der Waals surface area contributed by atoms with Crippen molar-refractivity contribution in [3.05, 3.63) is 71.3 Å². The normalized spacial score (nSPS) is 14.8. The van der Waals surface area contributed by atoms with E-state index >= 15 is 0 Å². The highest BCUT2D eigenvalue weighted by Gasteiger charge is 2.35. The van der Waals surface area contributed by atoms with E-state index in [2.05, 4.69) is 0 Å². The van der Waals surface area contributed by atoms with Crippen molar-refractivity contribution in [2.45, 2.75) is 31.5 Å². The molecule has 0 saturated carbocycles. The van der Waals surface area contributed by atoms with Crippen LogP contribution in [0.2, 0.25) is 0 Å². The highest BCUT2D eigenvalue weighted by atomic mass is 19.4. The van der Waals surface area contributed by atoms with E-state index in [0.29, 0.717) is 6.42 Å². The average molecular weight is 375 g/mol. The van der Waals surface area contributed by atoms with Crippen molar-refractivity contribution >= 4 is 5.78 Å². The Labute approximate surface area is 156 Å². The van der Waals surface area contributed by atoms with Gasteiger partial charge in [-0.15, -0.1) is 0 Å². The fourth-order valence-corrected chi connectivity index (χ4v) is 3.08. The Balaban J connectivity index is 2.25. The van der Waals surface area contributed by atoms with Gasteiger partial charge in [-0.3, -0.25) is 4.79 Å². The molecule has 6 heteroatoms. The molecule has 0 fully saturated rings. The summed E-state index contributed by atoms with van der Waals surface area (Å²) in [4.78, 5) is 12.9. The summed E-state index contributed by atoms with van der Waals surface area (Å²) in [6.07, 6.45) is -4.89. The van der Waals surface area contributed by atoms with Crippen LogP contribution < -0.4 is 0 Å². The Hall–Kier alpha value is -2.65. The first kappa shape index (κ1) is 20.7. The molecule has 0 N–H and O–H groups in total. The summed E-state index contributed by atoms with van der Waals surface area (Å²) in [5.41, 5.74) is 0.137. The fraction of sp³-hybridized carbons (Fsp3) is 0.333. The molecule has 3 unspecified atom stereocenters. The van der Waals surface area contributed by atoms with Crippen LogP contribution in [0.5, 0.6) is 0 Å². The topological polar surface area (TPSA) is 50.1 Å². The van der Waals surface area contributed by atoms with E-state index in [1.54, 1.807) is 0 Å². The largest absolute Gasteiger partial charge is 0.416 e. The van der Waals surface area contributed by atoms with Crippen molar-refractivity contribution in [2.24, 2.45) is 5.92 Å². The van der Waals surface area contributed by atoms with Gasteiger partial charge in [-0.1, -0.05) is 55.5 Å². The van der Waals surface area contributed by atoms with Gasteiger partial charge in [-0.05, 0) is 29.5 Å². The van der Waals surface area contributed by atoms with Crippen LogP contribution in [-0.2, 0) is 22.1 Å². The first-order valence-electron chi connectivity index (χ1n) is 8.45. The predicted octanol–water partition coefficient (Wildman–Crippen LogP) is 4.78. The maximum Gasteiger partial charge on any atom is 0.416 e. The zero-order valence-corrected chi connectivity index (χ0v) is 15.0. The number of benzene rings is 2. The fourth-order valence-electron chi connectivity index (χ4n) is 3.08. The summed E-state index contributed by atoms with van der Waals surface area (Å²) in [5.74, 6) is -2.11. The molecule has 3 nitrogen and oxygen atoms in total. The van der Waals surface area contributed by atoms with Gasteiger partial charge in [0, 0.05) is 7.11 Å². The second-order valence-electron chi connectivity index (χ2n) is 6.41. The number of ketones is 1. The van der Waals surface area contributed by atoms with Crippen LogP contribution in [0, 0.1) is 17.2 Å². The smallest absolute Gasteiger partial charge is 0.373 e. The van der Waals surface area contributed by atoms with Gasteiger partial charge in [0.2, 0.25) is 0 Å². The standard InChI is InChI=1S/C21H20F3NO2/c1-14(11-15-7-4-3-5-8-15)20(27-2)19(26)18(13-25)16-9-6-10-17(12-16)21(22,23)24/h3-10,12,14,18,20H,11H2,1-2H3. The third kappa shape index (κ3) is 5.18. The highest BCUT2D eigenvalue weighted by molar-refractivity contribution is 5.92. The number of nitriles is 1. The number of Topliss-reactive ketones (excluding diaryl/α,β-unsaturated/α-hetero) is 1. The molecule has 0 aliphatic heterocycles. The minimum Gasteiger partial charge on any atom is -0.373 e. The lowest BCUT2D eigenvalue weighted by Crippen LogP contribution is -2.35.